The first-order valence-electron chi connectivity index (χ1n) is 12.9. The molecule has 1 aromatic carbocycles. The largest absolute Gasteiger partial charge is 0.490 e. The van der Waals surface area contributed by atoms with Crippen molar-refractivity contribution in [1.29, 1.82) is 5.26 Å². The Morgan fingerprint density at radius 1 is 1.23 bits per heavy atom. The molecule has 2 aromatic rings. The predicted octanol–water partition coefficient (Wildman–Crippen LogP) is 4.54. The molecule has 2 aliphatic heterocycles. The number of aryl methyl sites for hydroxylation is 1. The van der Waals surface area contributed by atoms with Gasteiger partial charge in [0.15, 0.2) is 5.78 Å². The Morgan fingerprint density at radius 3 is 2.66 bits per heavy atom. The summed E-state index contributed by atoms with van der Waals surface area (Å²) in [6.45, 7) is 10.5. The van der Waals surface area contributed by atoms with Crippen molar-refractivity contribution in [3.05, 3.63) is 56.9 Å². The summed E-state index contributed by atoms with van der Waals surface area (Å²) >= 11 is 0. The van der Waals surface area contributed by atoms with Crippen molar-refractivity contribution >= 4 is 11.9 Å². The predicted molar refractivity (Wildman–Crippen MR) is 134 cm³/mol. The Morgan fingerprint density at radius 2 is 2.00 bits per heavy atom. The van der Waals surface area contributed by atoms with Crippen LogP contribution in [-0.4, -0.2) is 54.1 Å². The van der Waals surface area contributed by atoms with Crippen molar-refractivity contribution in [2.75, 3.05) is 26.3 Å². The van der Waals surface area contributed by atoms with E-state index in [0.29, 0.717) is 11.6 Å². The van der Waals surface area contributed by atoms with E-state index in [2.05, 4.69) is 48.9 Å². The molecule has 0 atom stereocenters. The Balaban J connectivity index is 1.31. The molecule has 0 spiro atoms. The maximum atomic E-state index is 13.0. The van der Waals surface area contributed by atoms with E-state index in [0.717, 1.165) is 80.3 Å². The van der Waals surface area contributed by atoms with Crippen LogP contribution in [0.2, 0.25) is 0 Å². The Hall–Kier alpha value is -2.88. The van der Waals surface area contributed by atoms with E-state index in [9.17, 15) is 10.1 Å². The fourth-order valence-electron chi connectivity index (χ4n) is 6.34. The van der Waals surface area contributed by atoms with E-state index in [-0.39, 0.29) is 23.7 Å². The number of allylic oxidation sites excluding steroid dienone is 1. The monoisotopic (exact) mass is 471 g/mol. The molecule has 6 rings (SSSR count). The number of ketones is 1. The van der Waals surface area contributed by atoms with Gasteiger partial charge in [0.05, 0.1) is 31.0 Å². The molecule has 0 radical (unpaired) electrons. The van der Waals surface area contributed by atoms with Gasteiger partial charge < -0.3 is 14.5 Å². The summed E-state index contributed by atoms with van der Waals surface area (Å²) in [7, 11) is 0. The second-order valence-corrected chi connectivity index (χ2v) is 11.0. The molecule has 6 nitrogen and oxygen atoms in total. The van der Waals surface area contributed by atoms with Crippen molar-refractivity contribution in [2.24, 2.45) is 0 Å². The van der Waals surface area contributed by atoms with Gasteiger partial charge in [0.25, 0.3) is 0 Å². The summed E-state index contributed by atoms with van der Waals surface area (Å²) in [5.41, 5.74) is 7.76. The number of nitrogens with one attached hydrogen (secondary N) is 1. The summed E-state index contributed by atoms with van der Waals surface area (Å²) in [4.78, 5) is 19.0. The van der Waals surface area contributed by atoms with Gasteiger partial charge in [-0.3, -0.25) is 9.69 Å². The van der Waals surface area contributed by atoms with Gasteiger partial charge in [-0.1, -0.05) is 26.8 Å². The van der Waals surface area contributed by atoms with Gasteiger partial charge >= 0.3 is 0 Å². The third-order valence-electron chi connectivity index (χ3n) is 8.46. The van der Waals surface area contributed by atoms with E-state index >= 15 is 0 Å². The number of aromatic nitrogens is 1. The number of ether oxygens (including phenoxy) is 2. The lowest BCUT2D eigenvalue weighted by molar-refractivity contribution is -0.0778. The third kappa shape index (κ3) is 3.64. The van der Waals surface area contributed by atoms with Gasteiger partial charge in [0, 0.05) is 48.2 Å². The number of hydrogen-bond donors (Lipinski definition) is 1. The van der Waals surface area contributed by atoms with Gasteiger partial charge in [-0.2, -0.15) is 5.26 Å². The van der Waals surface area contributed by atoms with E-state index in [1.807, 2.05) is 6.08 Å². The smallest absolute Gasteiger partial charge is 0.170 e. The highest BCUT2D eigenvalue weighted by molar-refractivity contribution is 6.06. The summed E-state index contributed by atoms with van der Waals surface area (Å²) in [5.74, 6) is 1.05. The van der Waals surface area contributed by atoms with Crippen LogP contribution in [0.25, 0.3) is 6.08 Å². The number of rotatable bonds is 4. The summed E-state index contributed by atoms with van der Waals surface area (Å²) < 4.78 is 12.0. The Bertz CT molecular complexity index is 1270. The van der Waals surface area contributed by atoms with Crippen LogP contribution < -0.4 is 4.74 Å². The summed E-state index contributed by atoms with van der Waals surface area (Å²) in [6.07, 6.45) is 6.02. The van der Waals surface area contributed by atoms with E-state index < -0.39 is 0 Å². The number of benzene rings is 1. The molecule has 1 N–H and O–H groups in total. The van der Waals surface area contributed by atoms with Gasteiger partial charge in [-0.15, -0.1) is 0 Å². The van der Waals surface area contributed by atoms with E-state index in [1.165, 1.54) is 16.7 Å². The lowest BCUT2D eigenvalue weighted by Crippen LogP contribution is -2.52. The number of Topliss-reactive ketones (excluding diaryl/α,β-unsaturated/α-hetero) is 1. The number of carbonyl (C=O) groups is 1. The van der Waals surface area contributed by atoms with Crippen LogP contribution in [0.5, 0.6) is 5.75 Å². The normalized spacial score (nSPS) is 21.9. The van der Waals surface area contributed by atoms with Crippen LogP contribution >= 0.6 is 0 Å². The highest BCUT2D eigenvalue weighted by atomic mass is 16.5. The number of H-pyrrole nitrogens is 1. The van der Waals surface area contributed by atoms with E-state index in [4.69, 9.17) is 9.47 Å². The minimum atomic E-state index is -0.293. The first-order chi connectivity index (χ1) is 16.9. The number of hydrogen-bond acceptors (Lipinski definition) is 5. The minimum absolute atomic E-state index is 0.0475. The first kappa shape index (κ1) is 22.6. The molecule has 2 fully saturated rings. The third-order valence-corrected chi connectivity index (χ3v) is 8.46. The quantitative estimate of drug-likeness (QED) is 0.708. The van der Waals surface area contributed by atoms with Crippen LogP contribution in [0.1, 0.15) is 84.0 Å². The lowest BCUT2D eigenvalue weighted by Gasteiger charge is -2.41. The summed E-state index contributed by atoms with van der Waals surface area (Å²) in [5, 5.41) is 9.36. The first-order valence-corrected chi connectivity index (χ1v) is 12.9. The zero-order valence-electron chi connectivity index (χ0n) is 20.9. The molecule has 0 unspecified atom stereocenters. The highest BCUT2D eigenvalue weighted by Crippen LogP contribution is 2.46. The number of fused-ring (bicyclic) bond motifs is 4. The average Bonchev–Trinajstić information content (AvgIpc) is 3.19. The average molecular weight is 472 g/mol. The molecule has 35 heavy (non-hydrogen) atoms. The second-order valence-electron chi connectivity index (χ2n) is 11.0. The standard InChI is InChI=1S/C29H33N3O3/c1-4-18-11-19-12-22-27-24(9-17(14-30)10-25(27)33)31-28(22)29(2,3)23(19)13-26(18)35-21-5-7-32(8-6-21)20-15-34-16-20/h9,11,13,20-21,31H,4-8,10,12,15-16H2,1-3H3. The molecule has 0 bridgehead atoms. The SMILES string of the molecule is CCc1cc2c(cc1OC1CCN(C3COC3)CC1)C(C)(C)c1[nH]c3c(c1C2)C(=O)CC(C#N)=C3. The van der Waals surface area contributed by atoms with Crippen LogP contribution in [0.4, 0.5) is 0 Å². The molecule has 6 heteroatoms. The van der Waals surface area contributed by atoms with Crippen LogP contribution in [0, 0.1) is 11.3 Å². The molecule has 0 amide bonds. The van der Waals surface area contributed by atoms with Crippen LogP contribution in [0.3, 0.4) is 0 Å². The molecule has 1 aromatic heterocycles. The molecule has 2 aliphatic carbocycles. The van der Waals surface area contributed by atoms with Crippen molar-refractivity contribution in [1.82, 2.24) is 9.88 Å². The number of carbonyl (C=O) groups excluding carboxylic acids is 1. The van der Waals surface area contributed by atoms with Crippen molar-refractivity contribution in [3.8, 4) is 11.8 Å². The van der Waals surface area contributed by atoms with E-state index in [1.54, 1.807) is 0 Å². The molecule has 182 valence electrons. The molecular formula is C29H33N3O3. The van der Waals surface area contributed by atoms with Gasteiger partial charge in [0.1, 0.15) is 11.9 Å². The zero-order valence-corrected chi connectivity index (χ0v) is 20.9. The molecule has 2 saturated heterocycles. The number of nitrogens with zero attached hydrogens (tertiary/aromatic N) is 2. The molecule has 4 aliphatic rings. The topological polar surface area (TPSA) is 78.3 Å². The number of aromatic amines is 1. The Kier molecular flexibility index (Phi) is 5.39. The second kappa shape index (κ2) is 8.36. The van der Waals surface area contributed by atoms with Crippen molar-refractivity contribution in [2.45, 2.75) is 70.4 Å². The van der Waals surface area contributed by atoms with Gasteiger partial charge in [-0.25, -0.2) is 0 Å². The van der Waals surface area contributed by atoms with Crippen molar-refractivity contribution < 1.29 is 14.3 Å². The number of piperidine rings is 1. The fourth-order valence-corrected chi connectivity index (χ4v) is 6.34. The van der Waals surface area contributed by atoms with Gasteiger partial charge in [-0.05, 0) is 53.7 Å². The molecule has 0 saturated carbocycles. The number of nitriles is 1. The lowest BCUT2D eigenvalue weighted by atomic mass is 9.70. The minimum Gasteiger partial charge on any atom is -0.490 e. The Labute approximate surface area is 206 Å². The van der Waals surface area contributed by atoms with Crippen LogP contribution in [0.15, 0.2) is 17.7 Å². The number of likely N-dealkylation sites (tertiary alicyclic amines) is 1. The molecular weight excluding hydrogens is 438 g/mol. The fraction of sp³-hybridized carbons (Fsp3) is 0.517. The van der Waals surface area contributed by atoms with Gasteiger partial charge in [0.2, 0.25) is 0 Å². The summed E-state index contributed by atoms with van der Waals surface area (Å²) in [6, 6.07) is 7.33. The highest BCUT2D eigenvalue weighted by Gasteiger charge is 2.39. The van der Waals surface area contributed by atoms with Crippen LogP contribution in [-0.2, 0) is 23.0 Å². The maximum absolute atomic E-state index is 13.0. The maximum Gasteiger partial charge on any atom is 0.170 e. The zero-order chi connectivity index (χ0) is 24.3. The molecule has 3 heterocycles. The van der Waals surface area contributed by atoms with Crippen molar-refractivity contribution in [3.63, 3.8) is 0 Å².